The number of carbonyl (C=O) groups excluding carboxylic acids is 2. The Hall–Kier alpha value is -3.39. The fraction of sp³-hybridized carbons (Fsp3) is 0.400. The van der Waals surface area contributed by atoms with Gasteiger partial charge >= 0.3 is 12.1 Å². The number of carbonyl (C=O) groups is 3. The summed E-state index contributed by atoms with van der Waals surface area (Å²) in [5, 5.41) is 23.3. The van der Waals surface area contributed by atoms with E-state index in [1.165, 1.54) is 0 Å². The lowest BCUT2D eigenvalue weighted by Crippen LogP contribution is -2.52. The smallest absolute Gasteiger partial charge is 0.407 e. The van der Waals surface area contributed by atoms with Crippen molar-refractivity contribution in [2.75, 3.05) is 13.2 Å². The highest BCUT2D eigenvalue weighted by molar-refractivity contribution is 5.89. The topological polar surface area (TPSA) is 125 Å². The van der Waals surface area contributed by atoms with Gasteiger partial charge in [-0.2, -0.15) is 0 Å². The SMILES string of the molecule is O=C(NC(CC1CC1)C(=O)NC(CCO)C(=O)O)OCC1c2ccccc2-c2ccccc21. The van der Waals surface area contributed by atoms with Gasteiger partial charge in [-0.3, -0.25) is 4.79 Å². The van der Waals surface area contributed by atoms with Crippen LogP contribution in [0.2, 0.25) is 0 Å². The molecule has 33 heavy (non-hydrogen) atoms. The van der Waals surface area contributed by atoms with Crippen molar-refractivity contribution in [3.8, 4) is 11.1 Å². The average Bonchev–Trinajstić information content (AvgIpc) is 3.57. The molecule has 4 rings (SSSR count). The first kappa shape index (κ1) is 22.8. The molecule has 8 heteroatoms. The van der Waals surface area contributed by atoms with Gasteiger partial charge < -0.3 is 25.6 Å². The number of aliphatic carboxylic acids is 1. The molecule has 0 aliphatic heterocycles. The molecule has 0 bridgehead atoms. The third-order valence-corrected chi connectivity index (χ3v) is 6.25. The third-order valence-electron chi connectivity index (χ3n) is 6.25. The molecule has 8 nitrogen and oxygen atoms in total. The normalized spacial score (nSPS) is 16.3. The van der Waals surface area contributed by atoms with Gasteiger partial charge in [0.2, 0.25) is 5.91 Å². The first-order valence-corrected chi connectivity index (χ1v) is 11.2. The number of hydrogen-bond donors (Lipinski definition) is 4. The minimum Gasteiger partial charge on any atom is -0.480 e. The van der Waals surface area contributed by atoms with E-state index in [4.69, 9.17) is 9.84 Å². The van der Waals surface area contributed by atoms with Crippen LogP contribution in [-0.4, -0.2) is 53.5 Å². The number of aliphatic hydroxyl groups excluding tert-OH is 1. The summed E-state index contributed by atoms with van der Waals surface area (Å²) in [5.41, 5.74) is 4.42. The van der Waals surface area contributed by atoms with E-state index >= 15 is 0 Å². The zero-order chi connectivity index (χ0) is 23.4. The molecule has 0 radical (unpaired) electrons. The summed E-state index contributed by atoms with van der Waals surface area (Å²) in [7, 11) is 0. The second-order valence-electron chi connectivity index (χ2n) is 8.61. The molecule has 0 saturated heterocycles. The number of carboxylic acid groups (broad SMARTS) is 1. The summed E-state index contributed by atoms with van der Waals surface area (Å²) >= 11 is 0. The fourth-order valence-electron chi connectivity index (χ4n) is 4.36. The van der Waals surface area contributed by atoms with Gasteiger partial charge in [-0.1, -0.05) is 61.4 Å². The van der Waals surface area contributed by atoms with E-state index in [0.29, 0.717) is 12.3 Å². The number of alkyl carbamates (subject to hydrolysis) is 1. The van der Waals surface area contributed by atoms with Crippen LogP contribution in [0, 0.1) is 5.92 Å². The van der Waals surface area contributed by atoms with Crippen LogP contribution in [0.4, 0.5) is 4.79 Å². The second kappa shape index (κ2) is 10.0. The number of carboxylic acids is 1. The van der Waals surface area contributed by atoms with Crippen molar-refractivity contribution in [2.24, 2.45) is 5.92 Å². The minimum absolute atomic E-state index is 0.0974. The van der Waals surface area contributed by atoms with Crippen molar-refractivity contribution >= 4 is 18.0 Å². The van der Waals surface area contributed by atoms with Gasteiger partial charge in [0.05, 0.1) is 0 Å². The van der Waals surface area contributed by atoms with Crippen LogP contribution in [0.3, 0.4) is 0 Å². The highest BCUT2D eigenvalue weighted by atomic mass is 16.5. The largest absolute Gasteiger partial charge is 0.480 e. The van der Waals surface area contributed by atoms with E-state index in [9.17, 15) is 19.5 Å². The minimum atomic E-state index is -1.23. The zero-order valence-corrected chi connectivity index (χ0v) is 18.2. The van der Waals surface area contributed by atoms with Gasteiger partial charge in [-0.25, -0.2) is 9.59 Å². The standard InChI is InChI=1S/C25H28N2O6/c28-12-11-21(24(30)31)26-23(29)22(13-15-9-10-15)27-25(32)33-14-20-18-7-3-1-5-16(18)17-6-2-4-8-19(17)20/h1-8,15,20-22,28H,9-14H2,(H,26,29)(H,27,32)(H,30,31). The van der Waals surface area contributed by atoms with Crippen molar-refractivity contribution < 1.29 is 29.3 Å². The number of amides is 2. The first-order valence-electron chi connectivity index (χ1n) is 11.2. The predicted molar refractivity (Wildman–Crippen MR) is 121 cm³/mol. The Kier molecular flexibility index (Phi) is 6.93. The van der Waals surface area contributed by atoms with E-state index in [1.54, 1.807) is 0 Å². The van der Waals surface area contributed by atoms with Crippen LogP contribution in [0.25, 0.3) is 11.1 Å². The van der Waals surface area contributed by atoms with Crippen molar-refractivity contribution in [1.82, 2.24) is 10.6 Å². The maximum Gasteiger partial charge on any atom is 0.407 e. The van der Waals surface area contributed by atoms with E-state index in [-0.39, 0.29) is 25.6 Å². The van der Waals surface area contributed by atoms with Crippen molar-refractivity contribution in [3.63, 3.8) is 0 Å². The first-order chi connectivity index (χ1) is 16.0. The zero-order valence-electron chi connectivity index (χ0n) is 18.2. The number of fused-ring (bicyclic) bond motifs is 3. The number of hydrogen-bond acceptors (Lipinski definition) is 5. The van der Waals surface area contributed by atoms with Gasteiger partial charge in [0.25, 0.3) is 0 Å². The van der Waals surface area contributed by atoms with Crippen molar-refractivity contribution in [2.45, 2.75) is 43.7 Å². The molecule has 1 fully saturated rings. The number of ether oxygens (including phenoxy) is 1. The van der Waals surface area contributed by atoms with Gasteiger partial charge in [0.15, 0.2) is 0 Å². The summed E-state index contributed by atoms with van der Waals surface area (Å²) in [6, 6.07) is 13.9. The summed E-state index contributed by atoms with van der Waals surface area (Å²) in [5.74, 6) is -1.60. The van der Waals surface area contributed by atoms with Crippen molar-refractivity contribution in [1.29, 1.82) is 0 Å². The number of nitrogens with one attached hydrogen (secondary N) is 2. The third kappa shape index (κ3) is 5.34. The number of aliphatic hydroxyl groups is 1. The van der Waals surface area contributed by atoms with Gasteiger partial charge in [-0.05, 0) is 34.6 Å². The summed E-state index contributed by atoms with van der Waals surface area (Å²) < 4.78 is 5.54. The molecule has 2 aromatic rings. The lowest BCUT2D eigenvalue weighted by Gasteiger charge is -2.21. The Morgan fingerprint density at radius 1 is 0.939 bits per heavy atom. The van der Waals surface area contributed by atoms with E-state index in [2.05, 4.69) is 22.8 Å². The molecular formula is C25H28N2O6. The Bertz CT molecular complexity index is 990. The van der Waals surface area contributed by atoms with Gasteiger partial charge in [-0.15, -0.1) is 0 Å². The maximum atomic E-state index is 12.7. The Balaban J connectivity index is 1.40. The molecule has 2 aliphatic carbocycles. The predicted octanol–water partition coefficient (Wildman–Crippen LogP) is 2.65. The van der Waals surface area contributed by atoms with E-state index < -0.39 is 30.1 Å². The lowest BCUT2D eigenvalue weighted by atomic mass is 9.98. The van der Waals surface area contributed by atoms with Crippen LogP contribution in [-0.2, 0) is 14.3 Å². The number of benzene rings is 2. The molecule has 2 amide bonds. The molecule has 0 aromatic heterocycles. The quantitative estimate of drug-likeness (QED) is 0.439. The lowest BCUT2D eigenvalue weighted by molar-refractivity contribution is -0.142. The Morgan fingerprint density at radius 3 is 2.09 bits per heavy atom. The van der Waals surface area contributed by atoms with Crippen LogP contribution in [0.1, 0.15) is 42.7 Å². The molecule has 0 heterocycles. The maximum absolute atomic E-state index is 12.7. The van der Waals surface area contributed by atoms with Crippen LogP contribution in [0.15, 0.2) is 48.5 Å². The fourth-order valence-corrected chi connectivity index (χ4v) is 4.36. The molecule has 1 saturated carbocycles. The molecular weight excluding hydrogens is 424 g/mol. The average molecular weight is 453 g/mol. The molecule has 2 aliphatic rings. The van der Waals surface area contributed by atoms with Crippen LogP contribution < -0.4 is 10.6 Å². The molecule has 2 unspecified atom stereocenters. The van der Waals surface area contributed by atoms with E-state index in [1.807, 2.05) is 36.4 Å². The molecule has 4 N–H and O–H groups in total. The molecule has 2 aromatic carbocycles. The number of rotatable bonds is 10. The van der Waals surface area contributed by atoms with E-state index in [0.717, 1.165) is 35.1 Å². The molecule has 174 valence electrons. The van der Waals surface area contributed by atoms with Gasteiger partial charge in [0, 0.05) is 18.9 Å². The summed E-state index contributed by atoms with van der Waals surface area (Å²) in [4.78, 5) is 36.6. The monoisotopic (exact) mass is 452 g/mol. The van der Waals surface area contributed by atoms with Crippen LogP contribution in [0.5, 0.6) is 0 Å². The Labute approximate surface area is 192 Å². The van der Waals surface area contributed by atoms with Crippen molar-refractivity contribution in [3.05, 3.63) is 59.7 Å². The molecule has 2 atom stereocenters. The molecule has 0 spiro atoms. The summed E-state index contributed by atoms with van der Waals surface area (Å²) in [6.45, 7) is -0.246. The summed E-state index contributed by atoms with van der Waals surface area (Å²) in [6.07, 6.45) is 1.53. The van der Waals surface area contributed by atoms with Crippen LogP contribution >= 0.6 is 0 Å². The Morgan fingerprint density at radius 2 is 1.55 bits per heavy atom. The van der Waals surface area contributed by atoms with Gasteiger partial charge in [0.1, 0.15) is 18.7 Å². The second-order valence-corrected chi connectivity index (χ2v) is 8.61. The highest BCUT2D eigenvalue weighted by Gasteiger charge is 2.33. The highest BCUT2D eigenvalue weighted by Crippen LogP contribution is 2.44.